The van der Waals surface area contributed by atoms with Gasteiger partial charge in [0.1, 0.15) is 12.1 Å². The van der Waals surface area contributed by atoms with Gasteiger partial charge in [0.2, 0.25) is 0 Å². The lowest BCUT2D eigenvalue weighted by atomic mass is 9.97. The number of rotatable bonds is 2. The Balaban J connectivity index is 2.24. The van der Waals surface area contributed by atoms with Crippen LogP contribution in [0.4, 0.5) is 10.1 Å². The maximum Gasteiger partial charge on any atom is 0.166 e. The predicted molar refractivity (Wildman–Crippen MR) is 76.2 cm³/mol. The minimum atomic E-state index is -0.266. The first-order valence-electron chi connectivity index (χ1n) is 6.15. The minimum Gasteiger partial charge on any atom is -0.398 e. The predicted octanol–water partition coefficient (Wildman–Crippen LogP) is 2.87. The summed E-state index contributed by atoms with van der Waals surface area (Å²) in [7, 11) is 1.86. The summed E-state index contributed by atoms with van der Waals surface area (Å²) in [4.78, 5) is 0. The normalized spacial score (nSPS) is 10.7. The van der Waals surface area contributed by atoms with Crippen LogP contribution in [-0.4, -0.2) is 14.8 Å². The third-order valence-electron chi connectivity index (χ3n) is 3.19. The molecule has 2 aromatic carbocycles. The van der Waals surface area contributed by atoms with Gasteiger partial charge in [-0.25, -0.2) is 4.39 Å². The van der Waals surface area contributed by atoms with E-state index in [1.165, 1.54) is 12.1 Å². The Morgan fingerprint density at radius 1 is 1.10 bits per heavy atom. The minimum absolute atomic E-state index is 0.266. The molecule has 0 aliphatic carbocycles. The van der Waals surface area contributed by atoms with Gasteiger partial charge in [-0.2, -0.15) is 0 Å². The van der Waals surface area contributed by atoms with Gasteiger partial charge in [-0.05, 0) is 29.3 Å². The molecule has 0 unspecified atom stereocenters. The summed E-state index contributed by atoms with van der Waals surface area (Å²) in [6, 6.07) is 11.9. The van der Waals surface area contributed by atoms with Crippen molar-refractivity contribution in [1.29, 1.82) is 0 Å². The Kier molecular flexibility index (Phi) is 2.95. The molecule has 0 saturated carbocycles. The standard InChI is InChI=1S/C15H13FN4/c1-20-9-18-19-15(20)14-12(3-2-4-13(14)17)10-5-7-11(16)8-6-10/h2-9H,17H2,1H3. The fourth-order valence-corrected chi connectivity index (χ4v) is 2.20. The number of hydrogen-bond acceptors (Lipinski definition) is 3. The highest BCUT2D eigenvalue weighted by Crippen LogP contribution is 2.35. The summed E-state index contributed by atoms with van der Waals surface area (Å²) >= 11 is 0. The molecular formula is C15H13FN4. The number of nitrogens with zero attached hydrogens (tertiary/aromatic N) is 3. The van der Waals surface area contributed by atoms with Gasteiger partial charge in [-0.15, -0.1) is 10.2 Å². The SMILES string of the molecule is Cn1cnnc1-c1c(N)cccc1-c1ccc(F)cc1. The van der Waals surface area contributed by atoms with Crippen LogP contribution in [0.2, 0.25) is 0 Å². The Bertz CT molecular complexity index is 747. The van der Waals surface area contributed by atoms with Gasteiger partial charge in [0.15, 0.2) is 5.82 Å². The highest BCUT2D eigenvalue weighted by Gasteiger charge is 2.15. The molecule has 100 valence electrons. The fraction of sp³-hybridized carbons (Fsp3) is 0.0667. The van der Waals surface area contributed by atoms with E-state index in [0.717, 1.165) is 16.7 Å². The van der Waals surface area contributed by atoms with Crippen LogP contribution in [0.1, 0.15) is 0 Å². The average molecular weight is 268 g/mol. The van der Waals surface area contributed by atoms with Crippen LogP contribution >= 0.6 is 0 Å². The van der Waals surface area contributed by atoms with Crippen molar-refractivity contribution < 1.29 is 4.39 Å². The van der Waals surface area contributed by atoms with Gasteiger partial charge in [-0.1, -0.05) is 24.3 Å². The summed E-state index contributed by atoms with van der Waals surface area (Å²) in [5.74, 6) is 0.417. The molecule has 0 bridgehead atoms. The molecule has 0 aliphatic heterocycles. The van der Waals surface area contributed by atoms with E-state index in [0.29, 0.717) is 11.5 Å². The van der Waals surface area contributed by atoms with E-state index < -0.39 is 0 Å². The molecule has 2 N–H and O–H groups in total. The molecule has 1 heterocycles. The number of hydrogen-bond donors (Lipinski definition) is 1. The number of benzene rings is 2. The van der Waals surface area contributed by atoms with Crippen molar-refractivity contribution in [2.24, 2.45) is 7.05 Å². The van der Waals surface area contributed by atoms with Gasteiger partial charge in [0.05, 0.1) is 5.56 Å². The molecule has 3 aromatic rings. The first-order valence-corrected chi connectivity index (χ1v) is 6.15. The van der Waals surface area contributed by atoms with E-state index in [1.54, 1.807) is 23.0 Å². The molecule has 0 spiro atoms. The second-order valence-electron chi connectivity index (χ2n) is 4.54. The summed E-state index contributed by atoms with van der Waals surface area (Å²) in [5, 5.41) is 7.99. The number of halogens is 1. The molecule has 0 fully saturated rings. The number of aryl methyl sites for hydroxylation is 1. The van der Waals surface area contributed by atoms with Crippen molar-refractivity contribution in [3.8, 4) is 22.5 Å². The number of anilines is 1. The molecule has 0 saturated heterocycles. The summed E-state index contributed by atoms with van der Waals surface area (Å²) < 4.78 is 14.9. The number of aromatic nitrogens is 3. The van der Waals surface area contributed by atoms with Crippen molar-refractivity contribution in [3.63, 3.8) is 0 Å². The average Bonchev–Trinajstić information content (AvgIpc) is 2.85. The zero-order valence-electron chi connectivity index (χ0n) is 10.9. The van der Waals surface area contributed by atoms with Crippen molar-refractivity contribution >= 4 is 5.69 Å². The Morgan fingerprint density at radius 3 is 2.50 bits per heavy atom. The monoisotopic (exact) mass is 268 g/mol. The molecule has 0 radical (unpaired) electrons. The zero-order chi connectivity index (χ0) is 14.1. The van der Waals surface area contributed by atoms with Crippen LogP contribution in [0.15, 0.2) is 48.8 Å². The van der Waals surface area contributed by atoms with Crippen molar-refractivity contribution in [1.82, 2.24) is 14.8 Å². The lowest BCUT2D eigenvalue weighted by molar-refractivity contribution is 0.628. The molecule has 0 atom stereocenters. The van der Waals surface area contributed by atoms with Gasteiger partial charge in [0.25, 0.3) is 0 Å². The topological polar surface area (TPSA) is 56.7 Å². The van der Waals surface area contributed by atoms with Gasteiger partial charge in [-0.3, -0.25) is 0 Å². The van der Waals surface area contributed by atoms with E-state index in [9.17, 15) is 4.39 Å². The van der Waals surface area contributed by atoms with Crippen LogP contribution < -0.4 is 5.73 Å². The lowest BCUT2D eigenvalue weighted by Gasteiger charge is -2.12. The summed E-state index contributed by atoms with van der Waals surface area (Å²) in [5.41, 5.74) is 9.30. The lowest BCUT2D eigenvalue weighted by Crippen LogP contribution is -1.99. The molecule has 4 nitrogen and oxygen atoms in total. The van der Waals surface area contributed by atoms with Crippen LogP contribution in [0, 0.1) is 5.82 Å². The first kappa shape index (κ1) is 12.3. The Hall–Kier alpha value is -2.69. The van der Waals surface area contributed by atoms with Crippen molar-refractivity contribution in [3.05, 3.63) is 54.6 Å². The van der Waals surface area contributed by atoms with Crippen molar-refractivity contribution in [2.45, 2.75) is 0 Å². The van der Waals surface area contributed by atoms with E-state index in [4.69, 9.17) is 5.73 Å². The summed E-state index contributed by atoms with van der Waals surface area (Å²) in [6.07, 6.45) is 1.62. The highest BCUT2D eigenvalue weighted by atomic mass is 19.1. The molecule has 3 rings (SSSR count). The molecule has 0 amide bonds. The number of nitrogens with two attached hydrogens (primary N) is 1. The summed E-state index contributed by atoms with van der Waals surface area (Å²) in [6.45, 7) is 0. The zero-order valence-corrected chi connectivity index (χ0v) is 10.9. The molecule has 1 aromatic heterocycles. The first-order chi connectivity index (χ1) is 9.66. The second kappa shape index (κ2) is 4.77. The van der Waals surface area contributed by atoms with Gasteiger partial charge < -0.3 is 10.3 Å². The largest absolute Gasteiger partial charge is 0.398 e. The highest BCUT2D eigenvalue weighted by molar-refractivity contribution is 5.88. The van der Waals surface area contributed by atoms with Crippen molar-refractivity contribution in [2.75, 3.05) is 5.73 Å². The third-order valence-corrected chi connectivity index (χ3v) is 3.19. The Labute approximate surface area is 115 Å². The van der Waals surface area contributed by atoms with Crippen LogP contribution in [0.3, 0.4) is 0 Å². The third kappa shape index (κ3) is 2.03. The quantitative estimate of drug-likeness (QED) is 0.727. The maximum absolute atomic E-state index is 13.1. The van der Waals surface area contributed by atoms with Gasteiger partial charge in [0, 0.05) is 12.7 Å². The van der Waals surface area contributed by atoms with E-state index in [1.807, 2.05) is 25.2 Å². The fourth-order valence-electron chi connectivity index (χ4n) is 2.20. The molecular weight excluding hydrogens is 255 g/mol. The van der Waals surface area contributed by atoms with E-state index in [-0.39, 0.29) is 5.82 Å². The molecule has 20 heavy (non-hydrogen) atoms. The smallest absolute Gasteiger partial charge is 0.166 e. The molecule has 0 aliphatic rings. The molecule has 5 heteroatoms. The van der Waals surface area contributed by atoms with Gasteiger partial charge >= 0.3 is 0 Å². The second-order valence-corrected chi connectivity index (χ2v) is 4.54. The van der Waals surface area contributed by atoms with E-state index >= 15 is 0 Å². The maximum atomic E-state index is 13.1. The van der Waals surface area contributed by atoms with Crippen LogP contribution in [0.5, 0.6) is 0 Å². The van der Waals surface area contributed by atoms with E-state index in [2.05, 4.69) is 10.2 Å². The van der Waals surface area contributed by atoms with Crippen LogP contribution in [-0.2, 0) is 7.05 Å². The Morgan fingerprint density at radius 2 is 1.85 bits per heavy atom. The number of nitrogen functional groups attached to an aromatic ring is 1. The van der Waals surface area contributed by atoms with Crippen LogP contribution in [0.25, 0.3) is 22.5 Å².